The molecule has 0 aliphatic heterocycles. The molecule has 1 heterocycles. The fourth-order valence-corrected chi connectivity index (χ4v) is 5.89. The van der Waals surface area contributed by atoms with E-state index >= 15 is 0 Å². The molecule has 4 aromatic rings. The molecule has 202 valence electrons. The number of carbonyl (C=O) groups excluding carboxylic acids is 1. The maximum Gasteiger partial charge on any atom is 0.264 e. The largest absolute Gasteiger partial charge is 0.318 e. The molecule has 3 aromatic carbocycles. The van der Waals surface area contributed by atoms with Crippen molar-refractivity contribution in [1.29, 1.82) is 0 Å². The van der Waals surface area contributed by atoms with Crippen LogP contribution in [0.4, 0.5) is 5.69 Å². The van der Waals surface area contributed by atoms with E-state index in [2.05, 4.69) is 34.2 Å². The standard InChI is InChI=1S/C31H34N4O3S/c1-21-11-15-29(16-12-21)39(37,38)34(28-14-13-22(2)24(4)17-28)20-31(36)33-32-19-27-18-25(5)35(26(27)6)30-10-8-7-9-23(30)3/h7-19H,20H2,1-6H3,(H,33,36)/b32-19+. The van der Waals surface area contributed by atoms with E-state index in [1.165, 1.54) is 0 Å². The van der Waals surface area contributed by atoms with Gasteiger partial charge in [-0.2, -0.15) is 5.10 Å². The number of sulfonamides is 1. The molecule has 0 radical (unpaired) electrons. The van der Waals surface area contributed by atoms with E-state index in [0.717, 1.165) is 49.2 Å². The van der Waals surface area contributed by atoms with Gasteiger partial charge in [-0.3, -0.25) is 9.10 Å². The summed E-state index contributed by atoms with van der Waals surface area (Å²) >= 11 is 0. The fraction of sp³-hybridized carbons (Fsp3) is 0.226. The fourth-order valence-electron chi connectivity index (χ4n) is 4.48. The van der Waals surface area contributed by atoms with Gasteiger partial charge in [-0.15, -0.1) is 0 Å². The predicted octanol–water partition coefficient (Wildman–Crippen LogP) is 5.67. The Morgan fingerprint density at radius 1 is 0.872 bits per heavy atom. The van der Waals surface area contributed by atoms with Gasteiger partial charge in [-0.05, 0) is 94.6 Å². The summed E-state index contributed by atoms with van der Waals surface area (Å²) in [7, 11) is -4.00. The van der Waals surface area contributed by atoms with Crippen LogP contribution in [0.1, 0.15) is 39.2 Å². The van der Waals surface area contributed by atoms with Crippen LogP contribution in [0.2, 0.25) is 0 Å². The number of hydrazone groups is 1. The lowest BCUT2D eigenvalue weighted by molar-refractivity contribution is -0.119. The summed E-state index contributed by atoms with van der Waals surface area (Å²) in [5, 5.41) is 4.16. The number of hydrogen-bond donors (Lipinski definition) is 1. The molecule has 0 fully saturated rings. The molecule has 0 aliphatic rings. The Bertz CT molecular complexity index is 1650. The van der Waals surface area contributed by atoms with Crippen molar-refractivity contribution in [1.82, 2.24) is 9.99 Å². The Kier molecular flexibility index (Phi) is 8.06. The van der Waals surface area contributed by atoms with Crippen LogP contribution in [0, 0.1) is 41.5 Å². The normalized spacial score (nSPS) is 11.6. The van der Waals surface area contributed by atoms with Crippen molar-refractivity contribution < 1.29 is 13.2 Å². The summed E-state index contributed by atoms with van der Waals surface area (Å²) < 4.78 is 30.5. The molecule has 0 aliphatic carbocycles. The zero-order chi connectivity index (χ0) is 28.3. The number of aryl methyl sites for hydroxylation is 5. The van der Waals surface area contributed by atoms with Gasteiger partial charge < -0.3 is 4.57 Å². The Morgan fingerprint density at radius 2 is 1.56 bits per heavy atom. The Hall–Kier alpha value is -4.17. The maximum atomic E-state index is 13.6. The van der Waals surface area contributed by atoms with Crippen molar-refractivity contribution >= 4 is 27.8 Å². The lowest BCUT2D eigenvalue weighted by Crippen LogP contribution is -2.39. The van der Waals surface area contributed by atoms with Crippen LogP contribution in [-0.4, -0.2) is 31.7 Å². The van der Waals surface area contributed by atoms with Gasteiger partial charge in [0.05, 0.1) is 16.8 Å². The number of rotatable bonds is 8. The van der Waals surface area contributed by atoms with Crippen molar-refractivity contribution in [3.63, 3.8) is 0 Å². The second kappa shape index (κ2) is 11.3. The number of nitrogens with one attached hydrogen (secondary N) is 1. The summed E-state index contributed by atoms with van der Waals surface area (Å²) in [6.07, 6.45) is 1.59. The van der Waals surface area contributed by atoms with E-state index in [1.54, 1.807) is 42.6 Å². The molecule has 1 aromatic heterocycles. The summed E-state index contributed by atoms with van der Waals surface area (Å²) in [5.41, 5.74) is 11.0. The van der Waals surface area contributed by atoms with Gasteiger partial charge in [0, 0.05) is 22.6 Å². The number of hydrogen-bond acceptors (Lipinski definition) is 4. The van der Waals surface area contributed by atoms with Crippen LogP contribution in [-0.2, 0) is 14.8 Å². The minimum absolute atomic E-state index is 0.117. The molecule has 7 nitrogen and oxygen atoms in total. The van der Waals surface area contributed by atoms with Gasteiger partial charge >= 0.3 is 0 Å². The van der Waals surface area contributed by atoms with Crippen LogP contribution in [0.25, 0.3) is 5.69 Å². The van der Waals surface area contributed by atoms with E-state index < -0.39 is 22.5 Å². The zero-order valence-corrected chi connectivity index (χ0v) is 24.0. The lowest BCUT2D eigenvalue weighted by atomic mass is 10.1. The second-order valence-corrected chi connectivity index (χ2v) is 11.7. The molecule has 0 saturated carbocycles. The van der Waals surface area contributed by atoms with Gasteiger partial charge in [-0.25, -0.2) is 13.8 Å². The Morgan fingerprint density at radius 3 is 2.23 bits per heavy atom. The molecule has 39 heavy (non-hydrogen) atoms. The summed E-state index contributed by atoms with van der Waals surface area (Å²) in [4.78, 5) is 13.1. The SMILES string of the molecule is Cc1ccc(S(=O)(=O)N(CC(=O)N/N=C/c2cc(C)n(-c3ccccc3C)c2C)c2ccc(C)c(C)c2)cc1. The van der Waals surface area contributed by atoms with Gasteiger partial charge in [0.25, 0.3) is 15.9 Å². The number of carbonyl (C=O) groups is 1. The summed E-state index contributed by atoms with van der Waals surface area (Å²) in [6.45, 7) is 11.4. The molecule has 0 bridgehead atoms. The highest BCUT2D eigenvalue weighted by atomic mass is 32.2. The molecule has 0 atom stereocenters. The number of para-hydroxylation sites is 1. The Balaban J connectivity index is 1.58. The van der Waals surface area contributed by atoms with Crippen LogP contribution in [0.3, 0.4) is 0 Å². The first kappa shape index (κ1) is 27.9. The van der Waals surface area contributed by atoms with Gasteiger partial charge in [0.2, 0.25) is 0 Å². The monoisotopic (exact) mass is 542 g/mol. The minimum atomic E-state index is -4.00. The number of amides is 1. The highest BCUT2D eigenvalue weighted by Gasteiger charge is 2.27. The third-order valence-electron chi connectivity index (χ3n) is 6.89. The van der Waals surface area contributed by atoms with Gasteiger partial charge in [0.1, 0.15) is 6.54 Å². The van der Waals surface area contributed by atoms with E-state index in [4.69, 9.17) is 0 Å². The first-order valence-corrected chi connectivity index (χ1v) is 14.2. The molecule has 0 unspecified atom stereocenters. The number of nitrogens with zero attached hydrogens (tertiary/aromatic N) is 3. The smallest absolute Gasteiger partial charge is 0.264 e. The number of aromatic nitrogens is 1. The average molecular weight is 543 g/mol. The van der Waals surface area contributed by atoms with Crippen LogP contribution in [0.15, 0.2) is 82.8 Å². The van der Waals surface area contributed by atoms with Crippen molar-refractivity contribution in [2.45, 2.75) is 46.4 Å². The number of anilines is 1. The van der Waals surface area contributed by atoms with Crippen molar-refractivity contribution in [2.24, 2.45) is 5.10 Å². The summed E-state index contributed by atoms with van der Waals surface area (Å²) in [5.74, 6) is -0.548. The molecule has 4 rings (SSSR count). The first-order valence-electron chi connectivity index (χ1n) is 12.7. The second-order valence-electron chi connectivity index (χ2n) is 9.83. The van der Waals surface area contributed by atoms with E-state index in [0.29, 0.717) is 5.69 Å². The topological polar surface area (TPSA) is 83.8 Å². The summed E-state index contributed by atoms with van der Waals surface area (Å²) in [6, 6.07) is 22.1. The third-order valence-corrected chi connectivity index (χ3v) is 8.68. The van der Waals surface area contributed by atoms with Crippen LogP contribution in [0.5, 0.6) is 0 Å². The number of benzene rings is 3. The molecular formula is C31H34N4O3S. The quantitative estimate of drug-likeness (QED) is 0.230. The molecule has 0 spiro atoms. The molecule has 0 saturated heterocycles. The molecular weight excluding hydrogens is 508 g/mol. The van der Waals surface area contributed by atoms with Crippen LogP contribution < -0.4 is 9.73 Å². The lowest BCUT2D eigenvalue weighted by Gasteiger charge is -2.24. The predicted molar refractivity (Wildman–Crippen MR) is 157 cm³/mol. The van der Waals surface area contributed by atoms with E-state index in [9.17, 15) is 13.2 Å². The molecule has 1 amide bonds. The highest BCUT2D eigenvalue weighted by molar-refractivity contribution is 7.92. The molecule has 8 heteroatoms. The zero-order valence-electron chi connectivity index (χ0n) is 23.2. The van der Waals surface area contributed by atoms with E-state index in [-0.39, 0.29) is 4.90 Å². The van der Waals surface area contributed by atoms with E-state index in [1.807, 2.05) is 58.9 Å². The maximum absolute atomic E-state index is 13.6. The Labute approximate surface area is 230 Å². The van der Waals surface area contributed by atoms with Crippen molar-refractivity contribution in [3.8, 4) is 5.69 Å². The first-order chi connectivity index (χ1) is 18.5. The van der Waals surface area contributed by atoms with Crippen LogP contribution >= 0.6 is 0 Å². The average Bonchev–Trinajstić information content (AvgIpc) is 3.17. The highest BCUT2D eigenvalue weighted by Crippen LogP contribution is 2.26. The third kappa shape index (κ3) is 5.96. The van der Waals surface area contributed by atoms with Gasteiger partial charge in [-0.1, -0.05) is 42.0 Å². The van der Waals surface area contributed by atoms with Crippen molar-refractivity contribution in [2.75, 3.05) is 10.8 Å². The molecule has 1 N–H and O–H groups in total. The van der Waals surface area contributed by atoms with Gasteiger partial charge in [0.15, 0.2) is 0 Å². The minimum Gasteiger partial charge on any atom is -0.318 e. The van der Waals surface area contributed by atoms with Crippen molar-refractivity contribution in [3.05, 3.63) is 112 Å².